The number of methoxy groups -OCH3 is 1. The van der Waals surface area contributed by atoms with Crippen LogP contribution in [0.4, 0.5) is 0 Å². The smallest absolute Gasteiger partial charge is 0.284 e. The summed E-state index contributed by atoms with van der Waals surface area (Å²) in [4.78, 5) is 30.4. The number of hydrogen-bond acceptors (Lipinski definition) is 7. The lowest BCUT2D eigenvalue weighted by molar-refractivity contribution is -0.127. The standard InChI is InChI=1S/C20H26N6O3/c1-4-17(27)26-7-5-13(6-8-26)29-16-11-22-19-18(25-16)15(10-21-19)14-9-23-20(28-3)24-12(14)2/h4,10-14H,1,5-9H2,2-3H3,(H,21,22)(H,23,24). The van der Waals surface area contributed by atoms with Gasteiger partial charge in [-0.15, -0.1) is 0 Å². The first-order valence-electron chi connectivity index (χ1n) is 9.86. The molecule has 2 aliphatic rings. The summed E-state index contributed by atoms with van der Waals surface area (Å²) >= 11 is 0. The molecule has 2 N–H and O–H groups in total. The zero-order valence-corrected chi connectivity index (χ0v) is 16.7. The first-order valence-corrected chi connectivity index (χ1v) is 9.86. The molecule has 154 valence electrons. The van der Waals surface area contributed by atoms with Gasteiger partial charge in [0, 0.05) is 50.2 Å². The molecule has 0 radical (unpaired) electrons. The summed E-state index contributed by atoms with van der Waals surface area (Å²) < 4.78 is 11.3. The predicted octanol–water partition coefficient (Wildman–Crippen LogP) is 1.59. The van der Waals surface area contributed by atoms with Crippen LogP contribution in [-0.2, 0) is 9.53 Å². The molecular formula is C20H26N6O3. The molecule has 9 nitrogen and oxygen atoms in total. The number of carbonyl (C=O) groups excluding carboxylic acids is 1. The highest BCUT2D eigenvalue weighted by Crippen LogP contribution is 2.30. The first kappa shape index (κ1) is 19.2. The Balaban J connectivity index is 1.49. The highest BCUT2D eigenvalue weighted by molar-refractivity contribution is 5.87. The summed E-state index contributed by atoms with van der Waals surface area (Å²) in [5.74, 6) is 0.626. The van der Waals surface area contributed by atoms with Crippen LogP contribution in [0.3, 0.4) is 0 Å². The van der Waals surface area contributed by atoms with Gasteiger partial charge in [0.2, 0.25) is 11.8 Å². The fraction of sp³-hybridized carbons (Fsp3) is 0.500. The molecule has 9 heteroatoms. The topological polar surface area (TPSA) is 105 Å². The van der Waals surface area contributed by atoms with Crippen molar-refractivity contribution in [2.24, 2.45) is 4.99 Å². The quantitative estimate of drug-likeness (QED) is 0.758. The molecule has 1 amide bonds. The van der Waals surface area contributed by atoms with Gasteiger partial charge in [-0.25, -0.2) is 15.0 Å². The summed E-state index contributed by atoms with van der Waals surface area (Å²) in [6.07, 6.45) is 6.49. The van der Waals surface area contributed by atoms with Crippen molar-refractivity contribution in [1.29, 1.82) is 0 Å². The predicted molar refractivity (Wildman–Crippen MR) is 109 cm³/mol. The highest BCUT2D eigenvalue weighted by atomic mass is 16.5. The molecule has 2 atom stereocenters. The SMILES string of the molecule is C=CC(=O)N1CCC(Oc2cnc3[nH]cc(C4CNC(OC)=NC4C)c3n2)CC1. The number of amides is 1. The Morgan fingerprint density at radius 1 is 1.38 bits per heavy atom. The maximum Gasteiger partial charge on any atom is 0.284 e. The molecule has 4 rings (SSSR count). The van der Waals surface area contributed by atoms with Crippen LogP contribution in [0, 0.1) is 0 Å². The number of piperidine rings is 1. The largest absolute Gasteiger partial charge is 0.473 e. The minimum Gasteiger partial charge on any atom is -0.473 e. The summed E-state index contributed by atoms with van der Waals surface area (Å²) in [6, 6.07) is 0.619. The number of nitrogens with zero attached hydrogens (tertiary/aromatic N) is 4. The maximum absolute atomic E-state index is 11.7. The van der Waals surface area contributed by atoms with Gasteiger partial charge in [-0.1, -0.05) is 6.58 Å². The average molecular weight is 398 g/mol. The van der Waals surface area contributed by atoms with Gasteiger partial charge in [0.25, 0.3) is 6.02 Å². The molecule has 29 heavy (non-hydrogen) atoms. The second-order valence-electron chi connectivity index (χ2n) is 7.36. The number of likely N-dealkylation sites (tertiary alicyclic amines) is 1. The molecule has 2 unspecified atom stereocenters. The number of rotatable bonds is 4. The van der Waals surface area contributed by atoms with Gasteiger partial charge in [-0.2, -0.15) is 0 Å². The van der Waals surface area contributed by atoms with Gasteiger partial charge in [0.15, 0.2) is 5.65 Å². The van der Waals surface area contributed by atoms with E-state index in [4.69, 9.17) is 14.5 Å². The molecule has 0 aliphatic carbocycles. The zero-order valence-electron chi connectivity index (χ0n) is 16.7. The van der Waals surface area contributed by atoms with E-state index in [2.05, 4.69) is 33.8 Å². The number of hydrogen-bond donors (Lipinski definition) is 2. The second kappa shape index (κ2) is 8.10. The van der Waals surface area contributed by atoms with E-state index in [1.165, 1.54) is 6.08 Å². The molecule has 2 aromatic heterocycles. The van der Waals surface area contributed by atoms with Crippen molar-refractivity contribution in [3.8, 4) is 5.88 Å². The Hall–Kier alpha value is -3.10. The van der Waals surface area contributed by atoms with Crippen LogP contribution in [-0.4, -0.2) is 70.7 Å². The number of ether oxygens (including phenoxy) is 2. The van der Waals surface area contributed by atoms with Crippen LogP contribution in [0.5, 0.6) is 5.88 Å². The lowest BCUT2D eigenvalue weighted by Gasteiger charge is -2.31. The molecule has 4 heterocycles. The Kier molecular flexibility index (Phi) is 5.37. The van der Waals surface area contributed by atoms with Gasteiger partial charge in [-0.3, -0.25) is 4.79 Å². The van der Waals surface area contributed by atoms with Crippen molar-refractivity contribution in [2.75, 3.05) is 26.7 Å². The van der Waals surface area contributed by atoms with Gasteiger partial charge in [0.05, 0.1) is 19.3 Å². The summed E-state index contributed by atoms with van der Waals surface area (Å²) in [6.45, 7) is 7.64. The van der Waals surface area contributed by atoms with Crippen molar-refractivity contribution in [2.45, 2.75) is 37.8 Å². The maximum atomic E-state index is 11.7. The van der Waals surface area contributed by atoms with Gasteiger partial charge >= 0.3 is 0 Å². The van der Waals surface area contributed by atoms with Crippen LogP contribution in [0.15, 0.2) is 30.0 Å². The van der Waals surface area contributed by atoms with E-state index >= 15 is 0 Å². The van der Waals surface area contributed by atoms with E-state index in [1.54, 1.807) is 18.2 Å². The third-order valence-electron chi connectivity index (χ3n) is 5.57. The Morgan fingerprint density at radius 3 is 2.86 bits per heavy atom. The van der Waals surface area contributed by atoms with E-state index in [1.807, 2.05) is 6.20 Å². The van der Waals surface area contributed by atoms with Crippen LogP contribution in [0.2, 0.25) is 0 Å². The molecule has 0 saturated carbocycles. The molecule has 0 aromatic carbocycles. The van der Waals surface area contributed by atoms with Crippen molar-refractivity contribution in [3.63, 3.8) is 0 Å². The lowest BCUT2D eigenvalue weighted by Crippen LogP contribution is -2.41. The summed E-state index contributed by atoms with van der Waals surface area (Å²) in [5.41, 5.74) is 2.59. The third kappa shape index (κ3) is 3.90. The third-order valence-corrected chi connectivity index (χ3v) is 5.57. The van der Waals surface area contributed by atoms with Gasteiger partial charge < -0.3 is 24.7 Å². The van der Waals surface area contributed by atoms with E-state index in [-0.39, 0.29) is 24.0 Å². The number of fused-ring (bicyclic) bond motifs is 1. The van der Waals surface area contributed by atoms with Gasteiger partial charge in [0.1, 0.15) is 11.6 Å². The van der Waals surface area contributed by atoms with Crippen LogP contribution < -0.4 is 10.1 Å². The first-order chi connectivity index (χ1) is 14.1. The van der Waals surface area contributed by atoms with E-state index < -0.39 is 0 Å². The normalized spacial score (nSPS) is 22.7. The van der Waals surface area contributed by atoms with Crippen molar-refractivity contribution in [3.05, 3.63) is 30.6 Å². The Morgan fingerprint density at radius 2 is 2.17 bits per heavy atom. The number of aromatic nitrogens is 3. The number of aromatic amines is 1. The minimum atomic E-state index is -0.0314. The Labute approximate surface area is 169 Å². The second-order valence-corrected chi connectivity index (χ2v) is 7.36. The number of aliphatic imine (C=N–C) groups is 1. The van der Waals surface area contributed by atoms with Gasteiger partial charge in [-0.05, 0) is 13.0 Å². The summed E-state index contributed by atoms with van der Waals surface area (Å²) in [7, 11) is 1.61. The molecule has 1 fully saturated rings. The van der Waals surface area contributed by atoms with Crippen LogP contribution in [0.1, 0.15) is 31.2 Å². The molecule has 2 aromatic rings. The monoisotopic (exact) mass is 398 g/mol. The van der Waals surface area contributed by atoms with Crippen LogP contribution >= 0.6 is 0 Å². The lowest BCUT2D eigenvalue weighted by atomic mass is 9.93. The number of nitrogens with one attached hydrogen (secondary N) is 2. The molecule has 0 spiro atoms. The number of H-pyrrole nitrogens is 1. The number of carbonyl (C=O) groups is 1. The van der Waals surface area contributed by atoms with E-state index in [0.717, 1.165) is 29.6 Å². The molecule has 0 bridgehead atoms. The van der Waals surface area contributed by atoms with Crippen molar-refractivity contribution < 1.29 is 14.3 Å². The van der Waals surface area contributed by atoms with E-state index in [9.17, 15) is 4.79 Å². The van der Waals surface area contributed by atoms with Crippen molar-refractivity contribution >= 4 is 23.1 Å². The summed E-state index contributed by atoms with van der Waals surface area (Å²) in [5, 5.41) is 3.20. The zero-order chi connectivity index (χ0) is 20.4. The van der Waals surface area contributed by atoms with E-state index in [0.29, 0.717) is 31.5 Å². The fourth-order valence-electron chi connectivity index (χ4n) is 3.91. The number of amidine groups is 1. The highest BCUT2D eigenvalue weighted by Gasteiger charge is 2.28. The van der Waals surface area contributed by atoms with Crippen LogP contribution in [0.25, 0.3) is 11.2 Å². The average Bonchev–Trinajstić information content (AvgIpc) is 3.16. The minimum absolute atomic E-state index is 0.0159. The Bertz CT molecular complexity index is 931. The molecule has 2 aliphatic heterocycles. The molecule has 1 saturated heterocycles. The fourth-order valence-corrected chi connectivity index (χ4v) is 3.91. The molecular weight excluding hydrogens is 372 g/mol. The van der Waals surface area contributed by atoms with Crippen molar-refractivity contribution in [1.82, 2.24) is 25.2 Å².